The number of carbonyl (C=O) groups is 1. The van der Waals surface area contributed by atoms with Crippen molar-refractivity contribution >= 4 is 18.3 Å². The molecule has 1 aromatic carbocycles. The van der Waals surface area contributed by atoms with Gasteiger partial charge in [-0.3, -0.25) is 9.59 Å². The van der Waals surface area contributed by atoms with E-state index in [9.17, 15) is 14.0 Å². The third-order valence-electron chi connectivity index (χ3n) is 5.15. The van der Waals surface area contributed by atoms with Gasteiger partial charge in [-0.15, -0.1) is 12.4 Å². The Morgan fingerprint density at radius 3 is 2.57 bits per heavy atom. The second-order valence-electron chi connectivity index (χ2n) is 7.19. The maximum Gasteiger partial charge on any atom is 0.263 e. The lowest BCUT2D eigenvalue weighted by atomic mass is 9.94. The van der Waals surface area contributed by atoms with E-state index in [1.54, 1.807) is 23.8 Å². The van der Waals surface area contributed by atoms with E-state index in [-0.39, 0.29) is 30.1 Å². The van der Waals surface area contributed by atoms with E-state index < -0.39 is 11.6 Å². The van der Waals surface area contributed by atoms with Gasteiger partial charge in [0.25, 0.3) is 11.5 Å². The first-order valence-corrected chi connectivity index (χ1v) is 9.40. The van der Waals surface area contributed by atoms with Gasteiger partial charge in [-0.1, -0.05) is 30.3 Å². The van der Waals surface area contributed by atoms with Crippen LogP contribution in [0.5, 0.6) is 0 Å². The predicted octanol–water partition coefficient (Wildman–Crippen LogP) is 2.64. The van der Waals surface area contributed by atoms with Crippen LogP contribution in [-0.2, 0) is 13.0 Å². The summed E-state index contributed by atoms with van der Waals surface area (Å²) in [4.78, 5) is 25.4. The molecule has 1 amide bonds. The molecule has 0 radical (unpaired) electrons. The normalized spacial score (nSPS) is 15.5. The van der Waals surface area contributed by atoms with Crippen molar-refractivity contribution in [2.45, 2.75) is 38.4 Å². The first-order chi connectivity index (χ1) is 13.0. The largest absolute Gasteiger partial charge is 0.349 e. The predicted molar refractivity (Wildman–Crippen MR) is 111 cm³/mol. The summed E-state index contributed by atoms with van der Waals surface area (Å²) >= 11 is 0. The van der Waals surface area contributed by atoms with Crippen molar-refractivity contribution in [3.63, 3.8) is 0 Å². The van der Waals surface area contributed by atoms with Crippen molar-refractivity contribution < 1.29 is 9.18 Å². The molecule has 0 saturated carbocycles. The number of carbonyl (C=O) groups excluding carboxylic acids is 1. The minimum absolute atomic E-state index is 0. The lowest BCUT2D eigenvalue weighted by molar-refractivity contribution is 0.0834. The van der Waals surface area contributed by atoms with E-state index in [2.05, 4.69) is 10.6 Å². The van der Waals surface area contributed by atoms with Gasteiger partial charge in [0.2, 0.25) is 0 Å². The Morgan fingerprint density at radius 1 is 1.21 bits per heavy atom. The van der Waals surface area contributed by atoms with Crippen LogP contribution in [0.4, 0.5) is 4.39 Å². The van der Waals surface area contributed by atoms with E-state index >= 15 is 0 Å². The molecule has 0 atom stereocenters. The molecule has 0 bridgehead atoms. The zero-order chi connectivity index (χ0) is 19.3. The average Bonchev–Trinajstić information content (AvgIpc) is 2.67. The van der Waals surface area contributed by atoms with Crippen molar-refractivity contribution in [3.8, 4) is 0 Å². The zero-order valence-electron chi connectivity index (χ0n) is 16.0. The molecule has 1 fully saturated rings. The van der Waals surface area contributed by atoms with Crippen molar-refractivity contribution in [1.82, 2.24) is 15.2 Å². The van der Waals surface area contributed by atoms with Crippen molar-refractivity contribution in [1.29, 1.82) is 0 Å². The molecular weight excluding hydrogens is 381 g/mol. The summed E-state index contributed by atoms with van der Waals surface area (Å²) in [6, 6.07) is 11.6. The molecule has 0 unspecified atom stereocenters. The number of nitrogens with zero attached hydrogens (tertiary/aromatic N) is 1. The molecule has 152 valence electrons. The van der Waals surface area contributed by atoms with E-state index in [0.29, 0.717) is 44.5 Å². The number of piperidine rings is 1. The highest BCUT2D eigenvalue weighted by molar-refractivity contribution is 5.95. The Hall–Kier alpha value is -2.18. The first-order valence-electron chi connectivity index (χ1n) is 9.40. The Bertz CT molecular complexity index is 848. The lowest BCUT2D eigenvalue weighted by Gasteiger charge is -2.30. The third-order valence-corrected chi connectivity index (χ3v) is 5.15. The minimum atomic E-state index is -1.41. The van der Waals surface area contributed by atoms with E-state index in [1.807, 2.05) is 30.3 Å². The number of pyridine rings is 1. The number of amides is 1. The van der Waals surface area contributed by atoms with Gasteiger partial charge in [0.05, 0.1) is 6.54 Å². The topological polar surface area (TPSA) is 63.1 Å². The van der Waals surface area contributed by atoms with Crippen LogP contribution in [0.15, 0.2) is 47.4 Å². The first kappa shape index (κ1) is 22.1. The fourth-order valence-electron chi connectivity index (χ4n) is 3.39. The standard InChI is InChI=1S/C21H26FN3O2.ClH/c1-16-7-13-25(14-8-17-5-3-2-4-6-17)20(27)18(16)19(26)24-15-21(22)9-11-23-12-10-21;/h2-7,13,23H,8-12,14-15H2,1H3,(H,24,26);1H. The maximum absolute atomic E-state index is 14.7. The van der Waals surface area contributed by atoms with Crippen LogP contribution >= 0.6 is 12.4 Å². The number of halogens is 2. The average molecular weight is 408 g/mol. The Balaban J connectivity index is 0.00000280. The van der Waals surface area contributed by atoms with E-state index in [0.717, 1.165) is 5.56 Å². The van der Waals surface area contributed by atoms with Gasteiger partial charge in [-0.25, -0.2) is 4.39 Å². The molecule has 3 rings (SSSR count). The van der Waals surface area contributed by atoms with Crippen LogP contribution in [0.1, 0.15) is 34.3 Å². The van der Waals surface area contributed by atoms with Crippen molar-refractivity contribution in [3.05, 3.63) is 69.6 Å². The zero-order valence-corrected chi connectivity index (χ0v) is 16.9. The molecule has 1 aromatic heterocycles. The van der Waals surface area contributed by atoms with Crippen molar-refractivity contribution in [2.24, 2.45) is 0 Å². The fraction of sp³-hybridized carbons (Fsp3) is 0.429. The molecule has 1 aliphatic rings. The molecule has 2 heterocycles. The summed E-state index contributed by atoms with van der Waals surface area (Å²) < 4.78 is 16.2. The molecule has 2 N–H and O–H groups in total. The monoisotopic (exact) mass is 407 g/mol. The highest BCUT2D eigenvalue weighted by Crippen LogP contribution is 2.22. The van der Waals surface area contributed by atoms with Crippen molar-refractivity contribution in [2.75, 3.05) is 19.6 Å². The molecule has 5 nitrogen and oxygen atoms in total. The molecule has 1 saturated heterocycles. The number of rotatable bonds is 6. The number of nitrogens with one attached hydrogen (secondary N) is 2. The number of benzene rings is 1. The van der Waals surface area contributed by atoms with Crippen LogP contribution < -0.4 is 16.2 Å². The van der Waals surface area contributed by atoms with Crippen LogP contribution in [0.3, 0.4) is 0 Å². The van der Waals surface area contributed by atoms with Gasteiger partial charge in [-0.2, -0.15) is 0 Å². The van der Waals surface area contributed by atoms with Crippen LogP contribution in [0, 0.1) is 6.92 Å². The van der Waals surface area contributed by atoms with Gasteiger partial charge in [0.15, 0.2) is 0 Å². The molecular formula is C21H27ClFN3O2. The number of alkyl halides is 1. The van der Waals surface area contributed by atoms with Gasteiger partial charge in [0.1, 0.15) is 11.2 Å². The van der Waals surface area contributed by atoms with Gasteiger partial charge in [-0.05, 0) is 56.5 Å². The Morgan fingerprint density at radius 2 is 1.89 bits per heavy atom. The molecule has 28 heavy (non-hydrogen) atoms. The highest BCUT2D eigenvalue weighted by atomic mass is 35.5. The summed E-state index contributed by atoms with van der Waals surface area (Å²) in [7, 11) is 0. The van der Waals surface area contributed by atoms with E-state index in [1.165, 1.54) is 0 Å². The van der Waals surface area contributed by atoms with Crippen LogP contribution in [0.2, 0.25) is 0 Å². The highest BCUT2D eigenvalue weighted by Gasteiger charge is 2.32. The lowest BCUT2D eigenvalue weighted by Crippen LogP contribution is -2.47. The molecule has 1 aliphatic heterocycles. The van der Waals surface area contributed by atoms with Gasteiger partial charge >= 0.3 is 0 Å². The summed E-state index contributed by atoms with van der Waals surface area (Å²) in [5.41, 5.74) is 0.0910. The SMILES string of the molecule is Cc1ccn(CCc2ccccc2)c(=O)c1C(=O)NCC1(F)CCNCC1.Cl. The summed E-state index contributed by atoms with van der Waals surface area (Å²) in [6.07, 6.45) is 3.14. The summed E-state index contributed by atoms with van der Waals surface area (Å²) in [6.45, 7) is 3.35. The second kappa shape index (κ2) is 9.85. The summed E-state index contributed by atoms with van der Waals surface area (Å²) in [5.74, 6) is -0.498. The molecule has 0 spiro atoms. The van der Waals surface area contributed by atoms with E-state index in [4.69, 9.17) is 0 Å². The molecule has 2 aromatic rings. The van der Waals surface area contributed by atoms with Crippen LogP contribution in [-0.4, -0.2) is 35.8 Å². The fourth-order valence-corrected chi connectivity index (χ4v) is 3.39. The van der Waals surface area contributed by atoms with Crippen LogP contribution in [0.25, 0.3) is 0 Å². The molecule has 7 heteroatoms. The number of hydrogen-bond acceptors (Lipinski definition) is 3. The number of aromatic nitrogens is 1. The maximum atomic E-state index is 14.7. The quantitative estimate of drug-likeness (QED) is 0.773. The number of aryl methyl sites for hydroxylation is 3. The minimum Gasteiger partial charge on any atom is -0.349 e. The number of hydrogen-bond donors (Lipinski definition) is 2. The summed E-state index contributed by atoms with van der Waals surface area (Å²) in [5, 5.41) is 5.74. The third kappa shape index (κ3) is 5.42. The Labute approximate surface area is 170 Å². The smallest absolute Gasteiger partial charge is 0.263 e. The second-order valence-corrected chi connectivity index (χ2v) is 7.19. The molecule has 0 aliphatic carbocycles. The van der Waals surface area contributed by atoms with Gasteiger partial charge < -0.3 is 15.2 Å². The van der Waals surface area contributed by atoms with Gasteiger partial charge in [0, 0.05) is 12.7 Å². The Kier molecular flexibility index (Phi) is 7.78.